The lowest BCUT2D eigenvalue weighted by atomic mass is 10.1. The molecule has 5 heteroatoms. The molecule has 0 saturated heterocycles. The number of fused-ring (bicyclic) bond motifs is 1. The van der Waals surface area contributed by atoms with Gasteiger partial charge in [-0.3, -0.25) is 9.78 Å². The summed E-state index contributed by atoms with van der Waals surface area (Å²) in [5, 5.41) is 7.02. The Labute approximate surface area is 128 Å². The number of aromatic nitrogens is 1. The summed E-state index contributed by atoms with van der Waals surface area (Å²) in [7, 11) is 0. The van der Waals surface area contributed by atoms with Crippen LogP contribution in [0.5, 0.6) is 0 Å². The fourth-order valence-electron chi connectivity index (χ4n) is 2.27. The lowest BCUT2D eigenvalue weighted by Crippen LogP contribution is -2.28. The molecule has 1 amide bonds. The molecule has 0 unspecified atom stereocenters. The molecule has 2 heterocycles. The molecule has 1 aromatic carbocycles. The molecule has 0 bridgehead atoms. The zero-order chi connectivity index (χ0) is 15.4. The monoisotopic (exact) mass is 295 g/mol. The number of rotatable bonds is 5. The Balaban J connectivity index is 1.54. The molecule has 0 fully saturated rings. The van der Waals surface area contributed by atoms with Gasteiger partial charge >= 0.3 is 0 Å². The fraction of sp³-hybridized carbons (Fsp3) is 0.176. The zero-order valence-electron chi connectivity index (χ0n) is 12.3. The minimum atomic E-state index is -0.0891. The van der Waals surface area contributed by atoms with Crippen molar-refractivity contribution < 1.29 is 9.21 Å². The van der Waals surface area contributed by atoms with Crippen molar-refractivity contribution in [3.05, 3.63) is 60.1 Å². The van der Waals surface area contributed by atoms with Gasteiger partial charge in [-0.1, -0.05) is 0 Å². The summed E-state index contributed by atoms with van der Waals surface area (Å²) >= 11 is 0. The van der Waals surface area contributed by atoms with Crippen molar-refractivity contribution in [1.29, 1.82) is 0 Å². The van der Waals surface area contributed by atoms with Gasteiger partial charge in [-0.15, -0.1) is 0 Å². The third kappa shape index (κ3) is 3.25. The Morgan fingerprint density at radius 3 is 2.95 bits per heavy atom. The summed E-state index contributed by atoms with van der Waals surface area (Å²) in [5.74, 6) is 0.752. The number of hydrogen-bond donors (Lipinski definition) is 2. The second-order valence-electron chi connectivity index (χ2n) is 5.03. The van der Waals surface area contributed by atoms with Gasteiger partial charge in [0.05, 0.1) is 5.69 Å². The maximum absolute atomic E-state index is 12.1. The van der Waals surface area contributed by atoms with E-state index in [0.29, 0.717) is 18.7 Å². The number of hydrogen-bond acceptors (Lipinski definition) is 4. The summed E-state index contributed by atoms with van der Waals surface area (Å²) in [5.41, 5.74) is 2.37. The number of carbonyl (C=O) groups is 1. The number of pyridine rings is 1. The van der Waals surface area contributed by atoms with Crippen LogP contribution in [-0.4, -0.2) is 24.0 Å². The van der Waals surface area contributed by atoms with E-state index in [4.69, 9.17) is 4.42 Å². The van der Waals surface area contributed by atoms with E-state index in [0.717, 1.165) is 22.4 Å². The number of nitrogens with one attached hydrogen (secondary N) is 2. The van der Waals surface area contributed by atoms with Gasteiger partial charge in [-0.05, 0) is 43.3 Å². The number of anilines is 1. The van der Waals surface area contributed by atoms with Crippen LogP contribution in [0.25, 0.3) is 11.0 Å². The van der Waals surface area contributed by atoms with Gasteiger partial charge in [0.25, 0.3) is 5.91 Å². The van der Waals surface area contributed by atoms with Gasteiger partial charge in [-0.2, -0.15) is 0 Å². The van der Waals surface area contributed by atoms with Crippen molar-refractivity contribution in [2.24, 2.45) is 0 Å². The van der Waals surface area contributed by atoms with Crippen LogP contribution in [0, 0.1) is 6.92 Å². The molecule has 3 rings (SSSR count). The molecule has 0 aliphatic heterocycles. The number of benzene rings is 1. The van der Waals surface area contributed by atoms with E-state index >= 15 is 0 Å². The van der Waals surface area contributed by atoms with Gasteiger partial charge in [-0.25, -0.2) is 0 Å². The van der Waals surface area contributed by atoms with Crippen molar-refractivity contribution in [2.75, 3.05) is 18.4 Å². The third-order valence-electron chi connectivity index (χ3n) is 3.30. The van der Waals surface area contributed by atoms with Crippen LogP contribution in [0.3, 0.4) is 0 Å². The molecule has 2 N–H and O–H groups in total. The van der Waals surface area contributed by atoms with Crippen molar-refractivity contribution >= 4 is 22.6 Å². The molecule has 0 aliphatic carbocycles. The average molecular weight is 295 g/mol. The van der Waals surface area contributed by atoms with Crippen molar-refractivity contribution in [1.82, 2.24) is 10.3 Å². The van der Waals surface area contributed by atoms with Crippen LogP contribution in [0.15, 0.2) is 53.2 Å². The Hall–Kier alpha value is -2.82. The number of carbonyl (C=O) groups excluding carboxylic acids is 1. The predicted octanol–water partition coefficient (Wildman–Crippen LogP) is 2.98. The topological polar surface area (TPSA) is 67.2 Å². The van der Waals surface area contributed by atoms with E-state index in [2.05, 4.69) is 15.6 Å². The molecular formula is C17H17N3O2. The van der Waals surface area contributed by atoms with E-state index in [1.807, 2.05) is 37.3 Å². The summed E-state index contributed by atoms with van der Waals surface area (Å²) in [6, 6.07) is 11.2. The minimum Gasteiger partial charge on any atom is -0.461 e. The largest absolute Gasteiger partial charge is 0.461 e. The highest BCUT2D eigenvalue weighted by molar-refractivity contribution is 5.97. The van der Waals surface area contributed by atoms with Gasteiger partial charge in [0.1, 0.15) is 11.3 Å². The lowest BCUT2D eigenvalue weighted by Gasteiger charge is -2.07. The summed E-state index contributed by atoms with van der Waals surface area (Å²) in [6.07, 6.45) is 3.47. The molecular weight excluding hydrogens is 278 g/mol. The highest BCUT2D eigenvalue weighted by Crippen LogP contribution is 2.20. The summed E-state index contributed by atoms with van der Waals surface area (Å²) in [6.45, 7) is 3.07. The molecule has 0 saturated carbocycles. The molecule has 0 spiro atoms. The minimum absolute atomic E-state index is 0.0891. The van der Waals surface area contributed by atoms with Crippen LogP contribution in [0.2, 0.25) is 0 Å². The molecule has 2 aromatic heterocycles. The first-order valence-corrected chi connectivity index (χ1v) is 7.15. The van der Waals surface area contributed by atoms with Crippen LogP contribution < -0.4 is 10.6 Å². The Kier molecular flexibility index (Phi) is 4.05. The molecule has 5 nitrogen and oxygen atoms in total. The fourth-order valence-corrected chi connectivity index (χ4v) is 2.27. The number of furan rings is 1. The Bertz CT molecular complexity index is 781. The molecule has 0 aliphatic rings. The van der Waals surface area contributed by atoms with E-state index in [-0.39, 0.29) is 5.91 Å². The third-order valence-corrected chi connectivity index (χ3v) is 3.30. The van der Waals surface area contributed by atoms with E-state index in [1.54, 1.807) is 18.5 Å². The van der Waals surface area contributed by atoms with Crippen molar-refractivity contribution in [3.63, 3.8) is 0 Å². The van der Waals surface area contributed by atoms with Gasteiger partial charge in [0.15, 0.2) is 0 Å². The number of nitrogens with zero attached hydrogens (tertiary/aromatic N) is 1. The molecule has 3 aromatic rings. The van der Waals surface area contributed by atoms with Crippen LogP contribution in [0.1, 0.15) is 16.1 Å². The molecule has 22 heavy (non-hydrogen) atoms. The quantitative estimate of drug-likeness (QED) is 0.710. The maximum atomic E-state index is 12.1. The zero-order valence-corrected chi connectivity index (χ0v) is 12.3. The lowest BCUT2D eigenvalue weighted by molar-refractivity contribution is 0.0955. The molecule has 0 atom stereocenters. The standard InChI is InChI=1S/C17H17N3O2/c1-12-9-14-10-13(4-5-16(14)22-12)17(21)20-8-7-19-15-3-2-6-18-11-15/h2-6,9-11,19H,7-8H2,1H3,(H,20,21). The molecule has 0 radical (unpaired) electrons. The number of aryl methyl sites for hydroxylation is 1. The van der Waals surface area contributed by atoms with E-state index in [1.165, 1.54) is 0 Å². The van der Waals surface area contributed by atoms with Gasteiger partial charge in [0.2, 0.25) is 0 Å². The predicted molar refractivity (Wildman–Crippen MR) is 86.0 cm³/mol. The van der Waals surface area contributed by atoms with E-state index in [9.17, 15) is 4.79 Å². The average Bonchev–Trinajstić information content (AvgIpc) is 2.91. The summed E-state index contributed by atoms with van der Waals surface area (Å²) < 4.78 is 5.50. The van der Waals surface area contributed by atoms with Crippen LogP contribution >= 0.6 is 0 Å². The second kappa shape index (κ2) is 6.30. The summed E-state index contributed by atoms with van der Waals surface area (Å²) in [4.78, 5) is 16.1. The van der Waals surface area contributed by atoms with Gasteiger partial charge < -0.3 is 15.1 Å². The normalized spacial score (nSPS) is 10.6. The maximum Gasteiger partial charge on any atom is 0.251 e. The first-order valence-electron chi connectivity index (χ1n) is 7.15. The molecule has 112 valence electrons. The van der Waals surface area contributed by atoms with Crippen molar-refractivity contribution in [2.45, 2.75) is 6.92 Å². The SMILES string of the molecule is Cc1cc2cc(C(=O)NCCNc3cccnc3)ccc2o1. The van der Waals surface area contributed by atoms with Crippen LogP contribution in [0.4, 0.5) is 5.69 Å². The first kappa shape index (κ1) is 14.1. The van der Waals surface area contributed by atoms with Crippen molar-refractivity contribution in [3.8, 4) is 0 Å². The first-order chi connectivity index (χ1) is 10.7. The van der Waals surface area contributed by atoms with Gasteiger partial charge in [0, 0.05) is 36.4 Å². The van der Waals surface area contributed by atoms with Crippen LogP contribution in [-0.2, 0) is 0 Å². The number of amides is 1. The second-order valence-corrected chi connectivity index (χ2v) is 5.03. The van der Waals surface area contributed by atoms with E-state index < -0.39 is 0 Å². The Morgan fingerprint density at radius 2 is 2.14 bits per heavy atom. The smallest absolute Gasteiger partial charge is 0.251 e. The highest BCUT2D eigenvalue weighted by Gasteiger charge is 2.07. The Morgan fingerprint density at radius 1 is 1.23 bits per heavy atom. The highest BCUT2D eigenvalue weighted by atomic mass is 16.3.